The van der Waals surface area contributed by atoms with Crippen molar-refractivity contribution in [3.05, 3.63) is 32.8 Å². The lowest BCUT2D eigenvalue weighted by Gasteiger charge is -2.06. The van der Waals surface area contributed by atoms with Crippen LogP contribution in [0.25, 0.3) is 0 Å². The van der Waals surface area contributed by atoms with E-state index in [2.05, 4.69) is 15.8 Å². The zero-order valence-corrected chi connectivity index (χ0v) is 12.2. The lowest BCUT2D eigenvalue weighted by Crippen LogP contribution is -2.28. The van der Waals surface area contributed by atoms with E-state index in [4.69, 9.17) is 16.1 Å². The van der Waals surface area contributed by atoms with Gasteiger partial charge in [0, 0.05) is 29.3 Å². The highest BCUT2D eigenvalue weighted by atomic mass is 35.5. The van der Waals surface area contributed by atoms with Crippen LogP contribution >= 0.6 is 22.9 Å². The topological polar surface area (TPSA) is 67.2 Å². The molecule has 0 spiro atoms. The van der Waals surface area contributed by atoms with Crippen molar-refractivity contribution < 1.29 is 9.32 Å². The molecule has 0 bridgehead atoms. The molecule has 5 nitrogen and oxygen atoms in total. The van der Waals surface area contributed by atoms with Crippen LogP contribution in [0.2, 0.25) is 5.02 Å². The standard InChI is InChI=1S/C12H14ClN3O2S/c1-3-11-8(7(2)16-18-11)4-14-12(17)15-10-6-19-5-9(10)13/h5-6H,3-4H2,1-2H3,(H2,14,15,17). The van der Waals surface area contributed by atoms with Crippen molar-refractivity contribution in [1.82, 2.24) is 10.5 Å². The Labute approximate surface area is 119 Å². The highest BCUT2D eigenvalue weighted by Crippen LogP contribution is 2.25. The Bertz CT molecular complexity index is 579. The van der Waals surface area contributed by atoms with E-state index in [1.807, 2.05) is 13.8 Å². The molecule has 0 unspecified atom stereocenters. The van der Waals surface area contributed by atoms with E-state index >= 15 is 0 Å². The van der Waals surface area contributed by atoms with E-state index in [0.717, 1.165) is 23.4 Å². The molecule has 19 heavy (non-hydrogen) atoms. The molecule has 2 aromatic rings. The van der Waals surface area contributed by atoms with Crippen LogP contribution in [0.4, 0.5) is 10.5 Å². The fourth-order valence-electron chi connectivity index (χ4n) is 1.65. The van der Waals surface area contributed by atoms with E-state index in [1.54, 1.807) is 10.8 Å². The molecule has 0 aliphatic rings. The van der Waals surface area contributed by atoms with Gasteiger partial charge in [0.15, 0.2) is 0 Å². The number of carbonyl (C=O) groups is 1. The third-order valence-electron chi connectivity index (χ3n) is 2.68. The van der Waals surface area contributed by atoms with E-state index in [0.29, 0.717) is 17.3 Å². The summed E-state index contributed by atoms with van der Waals surface area (Å²) in [5, 5.41) is 13.4. The monoisotopic (exact) mass is 299 g/mol. The largest absolute Gasteiger partial charge is 0.361 e. The van der Waals surface area contributed by atoms with Crippen LogP contribution in [0.1, 0.15) is 23.9 Å². The molecule has 0 saturated carbocycles. The number of hydrogen-bond donors (Lipinski definition) is 2. The number of aryl methyl sites for hydroxylation is 2. The highest BCUT2D eigenvalue weighted by Gasteiger charge is 2.13. The van der Waals surface area contributed by atoms with Gasteiger partial charge in [0.05, 0.1) is 16.4 Å². The van der Waals surface area contributed by atoms with Crippen molar-refractivity contribution in [1.29, 1.82) is 0 Å². The minimum atomic E-state index is -0.303. The van der Waals surface area contributed by atoms with Gasteiger partial charge in [0.1, 0.15) is 5.76 Å². The molecule has 0 saturated heterocycles. The number of amides is 2. The number of carbonyl (C=O) groups excluding carboxylic acids is 1. The van der Waals surface area contributed by atoms with Crippen LogP contribution in [0, 0.1) is 6.92 Å². The van der Waals surface area contributed by atoms with Crippen molar-refractivity contribution >= 4 is 34.7 Å². The number of hydrogen-bond acceptors (Lipinski definition) is 4. The number of thiophene rings is 1. The molecular formula is C12H14ClN3O2S. The SMILES string of the molecule is CCc1onc(C)c1CNC(=O)Nc1cscc1Cl. The maximum atomic E-state index is 11.7. The maximum absolute atomic E-state index is 11.7. The second-order valence-electron chi connectivity index (χ2n) is 3.96. The zero-order valence-electron chi connectivity index (χ0n) is 10.6. The predicted molar refractivity (Wildman–Crippen MR) is 75.8 cm³/mol. The Kier molecular flexibility index (Phi) is 4.44. The van der Waals surface area contributed by atoms with Gasteiger partial charge >= 0.3 is 6.03 Å². The smallest absolute Gasteiger partial charge is 0.319 e. The second-order valence-corrected chi connectivity index (χ2v) is 5.12. The van der Waals surface area contributed by atoms with Crippen LogP contribution in [0.5, 0.6) is 0 Å². The summed E-state index contributed by atoms with van der Waals surface area (Å²) in [4.78, 5) is 11.7. The molecule has 2 heterocycles. The fourth-order valence-corrected chi connectivity index (χ4v) is 2.60. The van der Waals surface area contributed by atoms with Gasteiger partial charge in [0.25, 0.3) is 0 Å². The molecule has 0 fully saturated rings. The van der Waals surface area contributed by atoms with Crippen molar-refractivity contribution in [3.63, 3.8) is 0 Å². The van der Waals surface area contributed by atoms with Gasteiger partial charge in [-0.3, -0.25) is 0 Å². The number of urea groups is 1. The van der Waals surface area contributed by atoms with Crippen LogP contribution in [0.15, 0.2) is 15.3 Å². The van der Waals surface area contributed by atoms with E-state index in [-0.39, 0.29) is 6.03 Å². The Morgan fingerprint density at radius 1 is 1.53 bits per heavy atom. The summed E-state index contributed by atoms with van der Waals surface area (Å²) in [5.41, 5.74) is 2.33. The third-order valence-corrected chi connectivity index (χ3v) is 3.86. The second kappa shape index (κ2) is 6.08. The van der Waals surface area contributed by atoms with Crippen LogP contribution < -0.4 is 10.6 Å². The summed E-state index contributed by atoms with van der Waals surface area (Å²) in [6.07, 6.45) is 0.746. The predicted octanol–water partition coefficient (Wildman–Crippen LogP) is 3.58. The first-order valence-electron chi connectivity index (χ1n) is 5.82. The quantitative estimate of drug-likeness (QED) is 0.906. The highest BCUT2D eigenvalue weighted by molar-refractivity contribution is 7.09. The molecule has 2 N–H and O–H groups in total. The number of rotatable bonds is 4. The number of aromatic nitrogens is 1. The molecule has 102 valence electrons. The molecule has 0 aliphatic heterocycles. The van der Waals surface area contributed by atoms with Crippen LogP contribution in [0.3, 0.4) is 0 Å². The Hall–Kier alpha value is -1.53. The molecular weight excluding hydrogens is 286 g/mol. The van der Waals surface area contributed by atoms with Crippen molar-refractivity contribution in [2.75, 3.05) is 5.32 Å². The summed E-state index contributed by atoms with van der Waals surface area (Å²) in [7, 11) is 0. The summed E-state index contributed by atoms with van der Waals surface area (Å²) in [6.45, 7) is 4.22. The summed E-state index contributed by atoms with van der Waals surface area (Å²) >= 11 is 7.33. The van der Waals surface area contributed by atoms with E-state index in [9.17, 15) is 4.79 Å². The van der Waals surface area contributed by atoms with E-state index in [1.165, 1.54) is 11.3 Å². The average molecular weight is 300 g/mol. The first kappa shape index (κ1) is 13.9. The minimum absolute atomic E-state index is 0.303. The number of nitrogens with one attached hydrogen (secondary N) is 2. The van der Waals surface area contributed by atoms with Gasteiger partial charge in [-0.05, 0) is 6.92 Å². The van der Waals surface area contributed by atoms with Gasteiger partial charge in [-0.15, -0.1) is 11.3 Å². The number of halogens is 1. The molecule has 0 aromatic carbocycles. The van der Waals surface area contributed by atoms with Crippen molar-refractivity contribution in [2.45, 2.75) is 26.8 Å². The zero-order chi connectivity index (χ0) is 13.8. The average Bonchev–Trinajstić information content (AvgIpc) is 2.94. The summed E-state index contributed by atoms with van der Waals surface area (Å²) < 4.78 is 5.16. The van der Waals surface area contributed by atoms with Gasteiger partial charge in [-0.2, -0.15) is 0 Å². The normalized spacial score (nSPS) is 10.5. The minimum Gasteiger partial charge on any atom is -0.361 e. The molecule has 7 heteroatoms. The molecule has 2 amide bonds. The Morgan fingerprint density at radius 2 is 2.32 bits per heavy atom. The van der Waals surface area contributed by atoms with Gasteiger partial charge in [0.2, 0.25) is 0 Å². The molecule has 2 rings (SSSR count). The van der Waals surface area contributed by atoms with Gasteiger partial charge in [-0.25, -0.2) is 4.79 Å². The van der Waals surface area contributed by atoms with Gasteiger partial charge < -0.3 is 15.2 Å². The number of anilines is 1. The molecule has 0 atom stereocenters. The number of nitrogens with zero attached hydrogens (tertiary/aromatic N) is 1. The van der Waals surface area contributed by atoms with Crippen molar-refractivity contribution in [2.24, 2.45) is 0 Å². The Morgan fingerprint density at radius 3 is 2.95 bits per heavy atom. The lowest BCUT2D eigenvalue weighted by atomic mass is 10.1. The summed E-state index contributed by atoms with van der Waals surface area (Å²) in [5.74, 6) is 0.798. The van der Waals surface area contributed by atoms with Crippen LogP contribution in [-0.4, -0.2) is 11.2 Å². The molecule has 0 aliphatic carbocycles. The van der Waals surface area contributed by atoms with E-state index < -0.39 is 0 Å². The van der Waals surface area contributed by atoms with Crippen LogP contribution in [-0.2, 0) is 13.0 Å². The molecule has 2 aromatic heterocycles. The van der Waals surface area contributed by atoms with Gasteiger partial charge in [-0.1, -0.05) is 23.7 Å². The fraction of sp³-hybridized carbons (Fsp3) is 0.333. The first-order chi connectivity index (χ1) is 9.11. The lowest BCUT2D eigenvalue weighted by molar-refractivity contribution is 0.251. The third kappa shape index (κ3) is 3.27. The summed E-state index contributed by atoms with van der Waals surface area (Å²) in [6, 6.07) is -0.303. The first-order valence-corrected chi connectivity index (χ1v) is 7.14. The van der Waals surface area contributed by atoms with Crippen molar-refractivity contribution in [3.8, 4) is 0 Å². The maximum Gasteiger partial charge on any atom is 0.319 e. The Balaban J connectivity index is 1.93. The molecule has 0 radical (unpaired) electrons.